The number of nitrogen functional groups attached to an aromatic ring is 1. The first-order valence-electron chi connectivity index (χ1n) is 6.20. The van der Waals surface area contributed by atoms with Crippen LogP contribution in [0, 0.1) is 6.92 Å². The fourth-order valence-corrected chi connectivity index (χ4v) is 2.69. The van der Waals surface area contributed by atoms with Gasteiger partial charge < -0.3 is 11.1 Å². The Morgan fingerprint density at radius 1 is 1.14 bits per heavy atom. The van der Waals surface area contributed by atoms with Gasteiger partial charge in [-0.15, -0.1) is 0 Å². The second-order valence-corrected chi connectivity index (χ2v) is 6.84. The van der Waals surface area contributed by atoms with Crippen molar-refractivity contribution in [2.24, 2.45) is 0 Å². The minimum atomic E-state index is -3.52. The number of nitrogens with one attached hydrogen (secondary N) is 2. The normalized spacial score (nSPS) is 11.4. The van der Waals surface area contributed by atoms with Gasteiger partial charge in [0.2, 0.25) is 10.0 Å². The zero-order valence-electron chi connectivity index (χ0n) is 11.6. The lowest BCUT2D eigenvalue weighted by atomic mass is 10.2. The molecule has 2 rings (SSSR count). The van der Waals surface area contributed by atoms with Crippen LogP contribution in [0.25, 0.3) is 0 Å². The monoisotopic (exact) mass is 325 g/mol. The summed E-state index contributed by atoms with van der Waals surface area (Å²) < 4.78 is 25.9. The fourth-order valence-electron chi connectivity index (χ4n) is 1.75. The van der Waals surface area contributed by atoms with E-state index in [1.54, 1.807) is 12.1 Å². The zero-order valence-corrected chi connectivity index (χ0v) is 13.2. The molecule has 0 saturated heterocycles. The number of hydrogen-bond donors (Lipinski definition) is 3. The largest absolute Gasteiger partial charge is 0.397 e. The van der Waals surface area contributed by atoms with Crippen molar-refractivity contribution < 1.29 is 8.42 Å². The molecule has 0 spiro atoms. The zero-order chi connectivity index (χ0) is 15.6. The van der Waals surface area contributed by atoms with Crippen LogP contribution in [0.3, 0.4) is 0 Å². The number of rotatable bonds is 4. The van der Waals surface area contributed by atoms with Gasteiger partial charge in [0.05, 0.1) is 16.3 Å². The topological polar surface area (TPSA) is 84.2 Å². The van der Waals surface area contributed by atoms with E-state index in [2.05, 4.69) is 10.0 Å². The molecule has 7 heteroatoms. The molecule has 5 nitrogen and oxygen atoms in total. The summed E-state index contributed by atoms with van der Waals surface area (Å²) >= 11 is 6.07. The number of sulfonamides is 1. The average Bonchev–Trinajstić information content (AvgIpc) is 2.45. The van der Waals surface area contributed by atoms with Gasteiger partial charge in [-0.25, -0.2) is 13.1 Å². The first kappa shape index (κ1) is 15.6. The SMILES string of the molecule is CNS(=O)(=O)c1ccc(N)c(Nc2ccc(C)c(Cl)c2)c1. The van der Waals surface area contributed by atoms with Crippen LogP contribution in [0.15, 0.2) is 41.3 Å². The number of nitrogens with two attached hydrogens (primary N) is 1. The molecule has 0 amide bonds. The van der Waals surface area contributed by atoms with Crippen LogP contribution in [-0.2, 0) is 10.0 Å². The third-order valence-corrected chi connectivity index (χ3v) is 4.87. The predicted octanol–water partition coefficient (Wildman–Crippen LogP) is 2.88. The summed E-state index contributed by atoms with van der Waals surface area (Å²) in [6.45, 7) is 1.90. The molecule has 21 heavy (non-hydrogen) atoms. The summed E-state index contributed by atoms with van der Waals surface area (Å²) in [6.07, 6.45) is 0. The highest BCUT2D eigenvalue weighted by atomic mass is 35.5. The highest BCUT2D eigenvalue weighted by Gasteiger charge is 2.13. The number of anilines is 3. The summed E-state index contributed by atoms with van der Waals surface area (Å²) in [6, 6.07) is 9.95. The van der Waals surface area contributed by atoms with Crippen molar-refractivity contribution in [3.05, 3.63) is 47.0 Å². The van der Waals surface area contributed by atoms with E-state index in [-0.39, 0.29) is 4.90 Å². The van der Waals surface area contributed by atoms with E-state index in [1.165, 1.54) is 19.2 Å². The van der Waals surface area contributed by atoms with Gasteiger partial charge in [-0.3, -0.25) is 0 Å². The number of hydrogen-bond acceptors (Lipinski definition) is 4. The molecular formula is C14H16ClN3O2S. The highest BCUT2D eigenvalue weighted by Crippen LogP contribution is 2.28. The molecule has 0 aromatic heterocycles. The van der Waals surface area contributed by atoms with Gasteiger partial charge in [-0.1, -0.05) is 17.7 Å². The first-order valence-corrected chi connectivity index (χ1v) is 8.06. The van der Waals surface area contributed by atoms with Crippen LogP contribution in [-0.4, -0.2) is 15.5 Å². The van der Waals surface area contributed by atoms with E-state index in [4.69, 9.17) is 17.3 Å². The molecule has 0 bridgehead atoms. The Labute approximate surface area is 129 Å². The summed E-state index contributed by atoms with van der Waals surface area (Å²) in [5.41, 5.74) is 8.52. The van der Waals surface area contributed by atoms with Gasteiger partial charge in [0, 0.05) is 10.7 Å². The van der Waals surface area contributed by atoms with E-state index in [0.29, 0.717) is 16.4 Å². The molecule has 2 aromatic carbocycles. The van der Waals surface area contributed by atoms with Gasteiger partial charge >= 0.3 is 0 Å². The maximum Gasteiger partial charge on any atom is 0.240 e. The fraction of sp³-hybridized carbons (Fsp3) is 0.143. The summed E-state index contributed by atoms with van der Waals surface area (Å²) in [4.78, 5) is 0.139. The molecule has 0 heterocycles. The molecule has 0 aliphatic carbocycles. The molecule has 112 valence electrons. The van der Waals surface area contributed by atoms with Crippen molar-refractivity contribution in [1.29, 1.82) is 0 Å². The molecule has 0 atom stereocenters. The molecule has 0 aliphatic heterocycles. The van der Waals surface area contributed by atoms with Crippen molar-refractivity contribution in [2.75, 3.05) is 18.1 Å². The van der Waals surface area contributed by atoms with Crippen molar-refractivity contribution in [3.63, 3.8) is 0 Å². The lowest BCUT2D eigenvalue weighted by molar-refractivity contribution is 0.588. The minimum absolute atomic E-state index is 0.139. The number of benzene rings is 2. The molecule has 0 saturated carbocycles. The Kier molecular flexibility index (Phi) is 4.41. The lowest BCUT2D eigenvalue weighted by Crippen LogP contribution is -2.18. The van der Waals surface area contributed by atoms with E-state index in [9.17, 15) is 8.42 Å². The third kappa shape index (κ3) is 3.47. The second-order valence-electron chi connectivity index (χ2n) is 4.55. The van der Waals surface area contributed by atoms with E-state index < -0.39 is 10.0 Å². The predicted molar refractivity (Wildman–Crippen MR) is 86.6 cm³/mol. The summed E-state index contributed by atoms with van der Waals surface area (Å²) in [5.74, 6) is 0. The Morgan fingerprint density at radius 2 is 1.86 bits per heavy atom. The van der Waals surface area contributed by atoms with Gasteiger partial charge in [-0.05, 0) is 49.9 Å². The maximum atomic E-state index is 11.8. The van der Waals surface area contributed by atoms with Crippen LogP contribution in [0.4, 0.5) is 17.1 Å². The van der Waals surface area contributed by atoms with E-state index in [1.807, 2.05) is 19.1 Å². The first-order chi connectivity index (χ1) is 9.83. The quantitative estimate of drug-likeness (QED) is 0.755. The lowest BCUT2D eigenvalue weighted by Gasteiger charge is -2.12. The van der Waals surface area contributed by atoms with E-state index >= 15 is 0 Å². The van der Waals surface area contributed by atoms with Crippen LogP contribution in [0.1, 0.15) is 5.56 Å². The number of halogens is 1. The highest BCUT2D eigenvalue weighted by molar-refractivity contribution is 7.89. The molecule has 2 aromatic rings. The Balaban J connectivity index is 2.39. The minimum Gasteiger partial charge on any atom is -0.397 e. The molecule has 0 radical (unpaired) electrons. The van der Waals surface area contributed by atoms with Crippen molar-refractivity contribution in [3.8, 4) is 0 Å². The van der Waals surface area contributed by atoms with Crippen LogP contribution >= 0.6 is 11.6 Å². The smallest absolute Gasteiger partial charge is 0.240 e. The van der Waals surface area contributed by atoms with Crippen molar-refractivity contribution in [1.82, 2.24) is 4.72 Å². The van der Waals surface area contributed by atoms with Crippen LogP contribution in [0.5, 0.6) is 0 Å². The van der Waals surface area contributed by atoms with Gasteiger partial charge in [0.15, 0.2) is 0 Å². The Morgan fingerprint density at radius 3 is 2.48 bits per heavy atom. The van der Waals surface area contributed by atoms with Crippen LogP contribution in [0.2, 0.25) is 5.02 Å². The molecule has 0 fully saturated rings. The van der Waals surface area contributed by atoms with Gasteiger partial charge in [-0.2, -0.15) is 0 Å². The Hall–Kier alpha value is -1.76. The summed E-state index contributed by atoms with van der Waals surface area (Å²) in [5, 5.41) is 3.70. The summed E-state index contributed by atoms with van der Waals surface area (Å²) in [7, 11) is -2.16. The maximum absolute atomic E-state index is 11.8. The van der Waals surface area contributed by atoms with Gasteiger partial charge in [0.1, 0.15) is 0 Å². The molecule has 4 N–H and O–H groups in total. The molecular weight excluding hydrogens is 310 g/mol. The third-order valence-electron chi connectivity index (χ3n) is 3.05. The van der Waals surface area contributed by atoms with Crippen molar-refractivity contribution >= 4 is 38.7 Å². The van der Waals surface area contributed by atoms with Crippen molar-refractivity contribution in [2.45, 2.75) is 11.8 Å². The molecule has 0 aliphatic rings. The van der Waals surface area contributed by atoms with Crippen LogP contribution < -0.4 is 15.8 Å². The standard InChI is InChI=1S/C14H16ClN3O2S/c1-9-3-4-10(7-12(9)15)18-14-8-11(5-6-13(14)16)21(19,20)17-2/h3-8,17-18H,16H2,1-2H3. The average molecular weight is 326 g/mol. The second kappa shape index (κ2) is 5.93. The van der Waals surface area contributed by atoms with Gasteiger partial charge in [0.25, 0.3) is 0 Å². The van der Waals surface area contributed by atoms with E-state index in [0.717, 1.165) is 11.3 Å². The number of aryl methyl sites for hydroxylation is 1. The Bertz CT molecular complexity index is 776. The molecule has 0 unspecified atom stereocenters.